The second-order valence-corrected chi connectivity index (χ2v) is 25.2. The number of benzene rings is 6. The van der Waals surface area contributed by atoms with Gasteiger partial charge in [0.25, 0.3) is 0 Å². The SMILES string of the molecule is CCCCCCOC(=O)c1cccc(-c2ccc(OCC)cc2)n1.CCCCOC(=O)c1cccc(-c2ccc(OCC)cc2)n1.CCOC(=O)c1cccc(-c2ccc(OCCOC)cc2)n1.CCOC(=O)c1cccc(-c2ccc(OCc3ccccc3)cc2)n1.CCOc1ccc(-c2cccc(C(=O)OC(C)C)n2)cc1. The van der Waals surface area contributed by atoms with E-state index < -0.39 is 17.9 Å². The van der Waals surface area contributed by atoms with Gasteiger partial charge in [0.05, 0.1) is 87.4 Å². The van der Waals surface area contributed by atoms with Crippen LogP contribution in [-0.2, 0) is 35.0 Å². The Morgan fingerprint density at radius 2 is 0.588 bits per heavy atom. The van der Waals surface area contributed by atoms with E-state index in [1.807, 2.05) is 229 Å². The van der Waals surface area contributed by atoms with Gasteiger partial charge >= 0.3 is 29.8 Å². The number of nitrogens with zero attached hydrogens (tertiary/aromatic N) is 5. The maximum Gasteiger partial charge on any atom is 0.357 e. The Kier molecular flexibility index (Phi) is 39.1. The van der Waals surface area contributed by atoms with Crippen molar-refractivity contribution < 1.29 is 76.1 Å². The fourth-order valence-corrected chi connectivity index (χ4v) is 10.5. The van der Waals surface area contributed by atoms with Crippen LogP contribution in [0, 0.1) is 0 Å². The van der Waals surface area contributed by atoms with Gasteiger partial charge in [0.15, 0.2) is 0 Å². The van der Waals surface area contributed by atoms with Crippen molar-refractivity contribution >= 4 is 29.8 Å². The Bertz CT molecular complexity index is 4660. The molecule has 0 unspecified atom stereocenters. The van der Waals surface area contributed by atoms with Crippen molar-refractivity contribution in [2.45, 2.75) is 114 Å². The van der Waals surface area contributed by atoms with E-state index in [0.717, 1.165) is 111 Å². The van der Waals surface area contributed by atoms with Crippen LogP contribution in [0.1, 0.15) is 159 Å². The number of aromatic nitrogens is 5. The van der Waals surface area contributed by atoms with Crippen LogP contribution in [-0.4, -0.2) is 127 Å². The quantitative estimate of drug-likeness (QED) is 0.0206. The third-order valence-corrected chi connectivity index (χ3v) is 16.1. The summed E-state index contributed by atoms with van der Waals surface area (Å²) in [5.41, 5.74) is 11.0. The van der Waals surface area contributed by atoms with Crippen LogP contribution in [0.2, 0.25) is 0 Å². The van der Waals surface area contributed by atoms with Crippen molar-refractivity contribution in [3.8, 4) is 85.0 Å². The highest BCUT2D eigenvalue weighted by Crippen LogP contribution is 2.27. The first-order valence-electron chi connectivity index (χ1n) is 38.5. The van der Waals surface area contributed by atoms with Crippen LogP contribution in [0.25, 0.3) is 56.3 Å². The number of hydrogen-bond acceptors (Lipinski definition) is 21. The lowest BCUT2D eigenvalue weighted by Gasteiger charge is -2.09. The van der Waals surface area contributed by atoms with Crippen LogP contribution in [0.4, 0.5) is 0 Å². The van der Waals surface area contributed by atoms with Gasteiger partial charge in [-0.15, -0.1) is 0 Å². The molecule has 114 heavy (non-hydrogen) atoms. The number of hydrogen-bond donors (Lipinski definition) is 0. The second kappa shape index (κ2) is 50.3. The topological polar surface area (TPSA) is 251 Å². The molecule has 0 bridgehead atoms. The van der Waals surface area contributed by atoms with Gasteiger partial charge in [-0.05, 0) is 249 Å². The van der Waals surface area contributed by atoms with Crippen LogP contribution >= 0.6 is 0 Å². The molecule has 596 valence electrons. The number of carbonyl (C=O) groups excluding carboxylic acids is 5. The molecule has 0 aliphatic carbocycles. The van der Waals surface area contributed by atoms with E-state index in [0.29, 0.717) is 100 Å². The Balaban J connectivity index is 0.000000198. The molecule has 11 rings (SSSR count). The van der Waals surface area contributed by atoms with Crippen molar-refractivity contribution in [1.82, 2.24) is 24.9 Å². The summed E-state index contributed by atoms with van der Waals surface area (Å²) in [5.74, 6) is 2.05. The molecule has 11 aromatic rings. The maximum absolute atomic E-state index is 12.1. The molecule has 21 nitrogen and oxygen atoms in total. The highest BCUT2D eigenvalue weighted by atomic mass is 16.6. The molecule has 0 spiro atoms. The normalized spacial score (nSPS) is 10.3. The standard InChI is InChI=1S/C21H19NO3.C20H25NO3.C18H21NO3.C17H19NO4.C17H19NO3/c1-2-24-21(23)20-10-6-9-19(22-20)17-11-13-18(14-12-17)25-15-16-7-4-3-5-8-16;1-3-5-6-7-15-24-20(22)19-10-8-9-18(21-19)16-11-13-17(14-12-16)23-4-2;1-3-5-13-22-18(20)17-8-6-7-16(19-17)14-9-11-15(12-10-14)21-4-2;1-3-21-17(19)16-6-4-5-15(18-16)13-7-9-14(10-8-13)22-12-11-20-2;1-4-20-14-10-8-13(9-11-14)15-6-5-7-16(18-15)17(19)21-12(2)3/h3-14H,2,15H2,1H3;8-14H,3-7,15H2,1-2H3;6-12H,3-5,13H2,1-2H3;4-10H,3,11-12H2,1-2H3;5-12H,4H2,1-3H3. The van der Waals surface area contributed by atoms with E-state index in [1.54, 1.807) is 69.5 Å². The lowest BCUT2D eigenvalue weighted by Crippen LogP contribution is -2.13. The minimum atomic E-state index is -0.413. The molecule has 0 saturated heterocycles. The monoisotopic (exact) mass is 1550 g/mol. The lowest BCUT2D eigenvalue weighted by atomic mass is 10.1. The zero-order valence-corrected chi connectivity index (χ0v) is 66.8. The molecular formula is C93H103N5O16. The van der Waals surface area contributed by atoms with Crippen LogP contribution in [0.3, 0.4) is 0 Å². The van der Waals surface area contributed by atoms with E-state index in [1.165, 1.54) is 12.8 Å². The fraction of sp³-hybridized carbons (Fsp3) is 0.290. The third-order valence-electron chi connectivity index (χ3n) is 16.1. The highest BCUT2D eigenvalue weighted by molar-refractivity contribution is 5.90. The summed E-state index contributed by atoms with van der Waals surface area (Å²) in [6.07, 6.45) is 6.02. The number of unbranched alkanes of at least 4 members (excludes halogenated alkanes) is 4. The van der Waals surface area contributed by atoms with Crippen molar-refractivity contribution in [3.05, 3.63) is 277 Å². The number of methoxy groups -OCH3 is 1. The van der Waals surface area contributed by atoms with Crippen molar-refractivity contribution in [1.29, 1.82) is 0 Å². The molecule has 0 N–H and O–H groups in total. The summed E-state index contributed by atoms with van der Waals surface area (Å²) in [4.78, 5) is 81.3. The molecule has 21 heteroatoms. The summed E-state index contributed by atoms with van der Waals surface area (Å²) in [5, 5.41) is 0. The minimum Gasteiger partial charge on any atom is -0.494 e. The summed E-state index contributed by atoms with van der Waals surface area (Å²) in [6.45, 7) is 22.3. The zero-order valence-electron chi connectivity index (χ0n) is 66.8. The van der Waals surface area contributed by atoms with Crippen molar-refractivity contribution in [2.24, 2.45) is 0 Å². The molecule has 0 aliphatic rings. The van der Waals surface area contributed by atoms with E-state index in [9.17, 15) is 24.0 Å². The molecule has 0 fully saturated rings. The molecule has 0 aliphatic heterocycles. The predicted octanol–water partition coefficient (Wildman–Crippen LogP) is 20.2. The largest absolute Gasteiger partial charge is 0.494 e. The molecular weight excluding hydrogens is 1440 g/mol. The van der Waals surface area contributed by atoms with Gasteiger partial charge < -0.3 is 52.1 Å². The summed E-state index contributed by atoms with van der Waals surface area (Å²) >= 11 is 0. The van der Waals surface area contributed by atoms with Gasteiger partial charge in [-0.25, -0.2) is 48.9 Å². The smallest absolute Gasteiger partial charge is 0.357 e. The predicted molar refractivity (Wildman–Crippen MR) is 442 cm³/mol. The van der Waals surface area contributed by atoms with Gasteiger partial charge in [-0.1, -0.05) is 100 Å². The van der Waals surface area contributed by atoms with Gasteiger partial charge in [-0.3, -0.25) is 0 Å². The minimum absolute atomic E-state index is 0.159. The van der Waals surface area contributed by atoms with Crippen LogP contribution < -0.4 is 23.7 Å². The number of esters is 5. The first kappa shape index (κ1) is 88.6. The number of pyridine rings is 5. The number of ether oxygens (including phenoxy) is 11. The number of carbonyl (C=O) groups is 5. The van der Waals surface area contributed by atoms with E-state index in [2.05, 4.69) is 38.8 Å². The molecule has 0 amide bonds. The van der Waals surface area contributed by atoms with E-state index in [-0.39, 0.29) is 18.0 Å². The maximum atomic E-state index is 12.1. The second-order valence-electron chi connectivity index (χ2n) is 25.2. The Morgan fingerprint density at radius 1 is 0.281 bits per heavy atom. The lowest BCUT2D eigenvalue weighted by molar-refractivity contribution is 0.0368. The fourth-order valence-electron chi connectivity index (χ4n) is 10.5. The average Bonchev–Trinajstić information content (AvgIpc) is 0.861. The molecule has 5 aromatic heterocycles. The molecule has 0 radical (unpaired) electrons. The molecule has 0 saturated carbocycles. The average molecular weight is 1550 g/mol. The molecule has 0 atom stereocenters. The molecule has 5 heterocycles. The first-order chi connectivity index (χ1) is 55.6. The summed E-state index contributed by atoms with van der Waals surface area (Å²) in [7, 11) is 1.63. The van der Waals surface area contributed by atoms with Crippen LogP contribution in [0.5, 0.6) is 28.7 Å². The van der Waals surface area contributed by atoms with Gasteiger partial charge in [-0.2, -0.15) is 0 Å². The summed E-state index contributed by atoms with van der Waals surface area (Å²) in [6, 6.07) is 74.8. The van der Waals surface area contributed by atoms with Crippen molar-refractivity contribution in [3.63, 3.8) is 0 Å². The Hall–Kier alpha value is -12.6. The van der Waals surface area contributed by atoms with Gasteiger partial charge in [0.2, 0.25) is 0 Å². The Labute approximate surface area is 669 Å². The highest BCUT2D eigenvalue weighted by Gasteiger charge is 2.17. The van der Waals surface area contributed by atoms with Gasteiger partial charge in [0, 0.05) is 34.9 Å². The van der Waals surface area contributed by atoms with Crippen LogP contribution in [0.15, 0.2) is 243 Å². The third kappa shape index (κ3) is 30.9. The molecule has 6 aromatic carbocycles. The summed E-state index contributed by atoms with van der Waals surface area (Å²) < 4.78 is 58.1. The first-order valence-corrected chi connectivity index (χ1v) is 38.5. The van der Waals surface area contributed by atoms with E-state index in [4.69, 9.17) is 52.1 Å². The zero-order chi connectivity index (χ0) is 81.5. The van der Waals surface area contributed by atoms with Crippen molar-refractivity contribution in [2.75, 3.05) is 66.6 Å². The number of rotatable bonds is 34. The Morgan fingerprint density at radius 3 is 0.895 bits per heavy atom. The van der Waals surface area contributed by atoms with Gasteiger partial charge in [0.1, 0.15) is 70.4 Å². The van der Waals surface area contributed by atoms with E-state index >= 15 is 0 Å².